The highest BCUT2D eigenvalue weighted by Crippen LogP contribution is 2.58. The van der Waals surface area contributed by atoms with Gasteiger partial charge in [0.05, 0.1) is 5.69 Å². The van der Waals surface area contributed by atoms with Crippen molar-refractivity contribution < 1.29 is 0 Å². The first-order valence-electron chi connectivity index (χ1n) is 22.5. The third kappa shape index (κ3) is 6.28. The molecule has 3 saturated carbocycles. The second-order valence-electron chi connectivity index (χ2n) is 18.6. The molecule has 3 unspecified atom stereocenters. The molecule has 3 atom stereocenters. The Kier molecular flexibility index (Phi) is 9.18. The molecule has 2 bridgehead atoms. The molecule has 3 fully saturated rings. The standard InChI is InChI=1S/C58H55N/c1-58(2)53-27-15-26-50(41-18-8-4-9-19-41)56(53)51-34-35-54(55(57(51)58)43-20-10-5-11-21-43)59(46-32-30-42(31-33-46)52-37-39-28-29-45(52)36-39)47-23-14-22-44(38-47)49-25-13-12-24-48(49)40-16-6-3-7-17-40/h4-5,8-15,18-27,30-35,38-40,45,52H,3,6-7,16-17,28-29,36-37H2,1-2H3. The Morgan fingerprint density at radius 3 is 1.93 bits per heavy atom. The Hall–Kier alpha value is -5.66. The first kappa shape index (κ1) is 36.4. The largest absolute Gasteiger partial charge is 0.310 e. The second-order valence-corrected chi connectivity index (χ2v) is 18.6. The highest BCUT2D eigenvalue weighted by molar-refractivity contribution is 6.01. The van der Waals surface area contributed by atoms with Crippen LogP contribution in [-0.4, -0.2) is 0 Å². The third-order valence-corrected chi connectivity index (χ3v) is 14.9. The number of nitrogens with zero attached hydrogens (tertiary/aromatic N) is 1. The maximum absolute atomic E-state index is 2.58. The van der Waals surface area contributed by atoms with E-state index in [9.17, 15) is 0 Å². The van der Waals surface area contributed by atoms with E-state index in [2.05, 4.69) is 183 Å². The first-order chi connectivity index (χ1) is 29.0. The fraction of sp³-hybridized carbons (Fsp3) is 0.276. The normalized spacial score (nSPS) is 20.3. The Morgan fingerprint density at radius 2 is 1.19 bits per heavy atom. The van der Waals surface area contributed by atoms with E-state index in [0.29, 0.717) is 11.8 Å². The maximum Gasteiger partial charge on any atom is 0.0543 e. The molecule has 0 heterocycles. The van der Waals surface area contributed by atoms with Gasteiger partial charge in [0.15, 0.2) is 0 Å². The molecule has 1 nitrogen and oxygen atoms in total. The van der Waals surface area contributed by atoms with Crippen molar-refractivity contribution >= 4 is 17.1 Å². The number of hydrogen-bond acceptors (Lipinski definition) is 1. The second kappa shape index (κ2) is 14.9. The average molecular weight is 766 g/mol. The molecule has 0 N–H and O–H groups in total. The van der Waals surface area contributed by atoms with Gasteiger partial charge in [0, 0.05) is 22.4 Å². The van der Waals surface area contributed by atoms with Crippen molar-refractivity contribution in [3.05, 3.63) is 186 Å². The van der Waals surface area contributed by atoms with Crippen molar-refractivity contribution in [1.29, 1.82) is 0 Å². The van der Waals surface area contributed by atoms with Crippen LogP contribution in [0.2, 0.25) is 0 Å². The minimum absolute atomic E-state index is 0.227. The monoisotopic (exact) mass is 765 g/mol. The van der Waals surface area contributed by atoms with E-state index in [4.69, 9.17) is 0 Å². The number of hydrogen-bond donors (Lipinski definition) is 0. The summed E-state index contributed by atoms with van der Waals surface area (Å²) in [5.74, 6) is 3.11. The predicted octanol–water partition coefficient (Wildman–Crippen LogP) is 16.4. The van der Waals surface area contributed by atoms with Gasteiger partial charge in [-0.15, -0.1) is 0 Å². The molecule has 4 aliphatic rings. The molecule has 7 aromatic carbocycles. The van der Waals surface area contributed by atoms with Gasteiger partial charge in [-0.3, -0.25) is 0 Å². The van der Waals surface area contributed by atoms with Gasteiger partial charge >= 0.3 is 0 Å². The summed E-state index contributed by atoms with van der Waals surface area (Å²) in [6.07, 6.45) is 12.2. The quantitative estimate of drug-likeness (QED) is 0.149. The van der Waals surface area contributed by atoms with Gasteiger partial charge in [-0.1, -0.05) is 173 Å². The summed E-state index contributed by atoms with van der Waals surface area (Å²) >= 11 is 0. The number of anilines is 3. The van der Waals surface area contributed by atoms with Gasteiger partial charge in [-0.05, 0) is 147 Å². The van der Waals surface area contributed by atoms with Crippen LogP contribution in [-0.2, 0) is 5.41 Å². The summed E-state index contributed by atoms with van der Waals surface area (Å²) in [4.78, 5) is 2.58. The van der Waals surface area contributed by atoms with E-state index in [0.717, 1.165) is 11.8 Å². The molecule has 7 aromatic rings. The van der Waals surface area contributed by atoms with Crippen LogP contribution in [0.4, 0.5) is 17.1 Å². The highest BCUT2D eigenvalue weighted by Gasteiger charge is 2.42. The van der Waals surface area contributed by atoms with E-state index < -0.39 is 0 Å². The smallest absolute Gasteiger partial charge is 0.0543 e. The molecule has 0 spiro atoms. The van der Waals surface area contributed by atoms with Crippen molar-refractivity contribution in [2.45, 2.75) is 88.9 Å². The molecule has 0 radical (unpaired) electrons. The van der Waals surface area contributed by atoms with Crippen molar-refractivity contribution in [3.8, 4) is 44.5 Å². The summed E-state index contributed by atoms with van der Waals surface area (Å²) in [5.41, 5.74) is 19.8. The van der Waals surface area contributed by atoms with E-state index in [-0.39, 0.29) is 5.41 Å². The predicted molar refractivity (Wildman–Crippen MR) is 249 cm³/mol. The molecular weight excluding hydrogens is 711 g/mol. The van der Waals surface area contributed by atoms with Gasteiger partial charge in [0.1, 0.15) is 0 Å². The Morgan fingerprint density at radius 1 is 0.492 bits per heavy atom. The Bertz CT molecular complexity index is 2630. The third-order valence-electron chi connectivity index (χ3n) is 14.9. The lowest BCUT2D eigenvalue weighted by Crippen LogP contribution is -2.19. The maximum atomic E-state index is 2.58. The lowest BCUT2D eigenvalue weighted by molar-refractivity contribution is 0.420. The summed E-state index contributed by atoms with van der Waals surface area (Å²) in [6, 6.07) is 62.5. The number of rotatable bonds is 8. The zero-order valence-electron chi connectivity index (χ0n) is 34.7. The topological polar surface area (TPSA) is 3.24 Å². The molecule has 0 saturated heterocycles. The lowest BCUT2D eigenvalue weighted by atomic mass is 9.78. The minimum Gasteiger partial charge on any atom is -0.310 e. The summed E-state index contributed by atoms with van der Waals surface area (Å²) in [6.45, 7) is 4.89. The van der Waals surface area contributed by atoms with Gasteiger partial charge in [0.25, 0.3) is 0 Å². The van der Waals surface area contributed by atoms with Crippen molar-refractivity contribution in [2.75, 3.05) is 4.90 Å². The van der Waals surface area contributed by atoms with Gasteiger partial charge in [0.2, 0.25) is 0 Å². The average Bonchev–Trinajstić information content (AvgIpc) is 4.00. The Labute approximate surface area is 351 Å². The van der Waals surface area contributed by atoms with Crippen LogP contribution in [0.1, 0.15) is 106 Å². The van der Waals surface area contributed by atoms with Crippen molar-refractivity contribution in [2.24, 2.45) is 11.8 Å². The van der Waals surface area contributed by atoms with Crippen LogP contribution in [0.3, 0.4) is 0 Å². The van der Waals surface area contributed by atoms with Crippen molar-refractivity contribution in [3.63, 3.8) is 0 Å². The molecule has 4 aliphatic carbocycles. The summed E-state index contributed by atoms with van der Waals surface area (Å²) < 4.78 is 0. The number of fused-ring (bicyclic) bond motifs is 5. The van der Waals surface area contributed by atoms with Crippen LogP contribution in [0.25, 0.3) is 44.5 Å². The van der Waals surface area contributed by atoms with Gasteiger partial charge in [-0.25, -0.2) is 0 Å². The van der Waals surface area contributed by atoms with E-state index in [1.807, 2.05) is 0 Å². The SMILES string of the molecule is CC1(C)c2cccc(-c3ccccc3)c2-c2ccc(N(c3ccc(C4CC5CCC4C5)cc3)c3cccc(-c4ccccc4C4CCCCC4)c3)c(-c3ccccc3)c21. The minimum atomic E-state index is -0.227. The zero-order valence-corrected chi connectivity index (χ0v) is 34.7. The van der Waals surface area contributed by atoms with E-state index in [1.54, 1.807) is 0 Å². The molecule has 0 aromatic heterocycles. The van der Waals surface area contributed by atoms with E-state index in [1.165, 1.54) is 142 Å². The zero-order chi connectivity index (χ0) is 39.5. The molecule has 0 aliphatic heterocycles. The molecule has 59 heavy (non-hydrogen) atoms. The highest BCUT2D eigenvalue weighted by atomic mass is 15.1. The van der Waals surface area contributed by atoms with Crippen LogP contribution in [0.5, 0.6) is 0 Å². The molecule has 0 amide bonds. The van der Waals surface area contributed by atoms with Crippen molar-refractivity contribution in [1.82, 2.24) is 0 Å². The summed E-state index contributed by atoms with van der Waals surface area (Å²) in [5, 5.41) is 0. The molecular formula is C58H55N. The van der Waals surface area contributed by atoms with Gasteiger partial charge in [-0.2, -0.15) is 0 Å². The molecule has 1 heteroatoms. The fourth-order valence-electron chi connectivity index (χ4n) is 12.2. The fourth-order valence-corrected chi connectivity index (χ4v) is 12.2. The Balaban J connectivity index is 1.12. The molecule has 11 rings (SSSR count). The number of benzene rings is 7. The van der Waals surface area contributed by atoms with Gasteiger partial charge < -0.3 is 4.90 Å². The van der Waals surface area contributed by atoms with Crippen LogP contribution < -0.4 is 4.90 Å². The van der Waals surface area contributed by atoms with Crippen LogP contribution in [0, 0.1) is 11.8 Å². The van der Waals surface area contributed by atoms with Crippen LogP contribution in [0.15, 0.2) is 164 Å². The summed E-state index contributed by atoms with van der Waals surface area (Å²) in [7, 11) is 0. The van der Waals surface area contributed by atoms with E-state index >= 15 is 0 Å². The first-order valence-corrected chi connectivity index (χ1v) is 22.5. The molecule has 292 valence electrons. The van der Waals surface area contributed by atoms with Crippen LogP contribution >= 0.6 is 0 Å². The lowest BCUT2D eigenvalue weighted by Gasteiger charge is -2.33.